The monoisotopic (exact) mass is 333 g/mol. The molecule has 0 N–H and O–H groups in total. The summed E-state index contributed by atoms with van der Waals surface area (Å²) >= 11 is 3.35. The van der Waals surface area contributed by atoms with E-state index in [9.17, 15) is 9.59 Å². The number of hydrogen-bond donors (Lipinski definition) is 0. The lowest BCUT2D eigenvalue weighted by atomic mass is 9.90. The van der Waals surface area contributed by atoms with Crippen molar-refractivity contribution in [1.29, 1.82) is 0 Å². The highest BCUT2D eigenvalue weighted by Gasteiger charge is 2.34. The van der Waals surface area contributed by atoms with Crippen LogP contribution in [0, 0.1) is 5.92 Å². The van der Waals surface area contributed by atoms with Crippen LogP contribution >= 0.6 is 15.9 Å². The van der Waals surface area contributed by atoms with Crippen molar-refractivity contribution < 1.29 is 9.59 Å². The van der Waals surface area contributed by atoms with Crippen LogP contribution in [0.1, 0.15) is 40.5 Å². The van der Waals surface area contributed by atoms with E-state index in [1.54, 1.807) is 24.3 Å². The number of nitrogens with zero attached hydrogens (tertiary/aromatic N) is 1. The highest BCUT2D eigenvalue weighted by Crippen LogP contribution is 2.33. The van der Waals surface area contributed by atoms with E-state index in [0.717, 1.165) is 25.9 Å². The Labute approximate surface area is 126 Å². The number of fused-ring (bicyclic) bond motifs is 1. The van der Waals surface area contributed by atoms with Gasteiger partial charge in [-0.05, 0) is 34.7 Å². The van der Waals surface area contributed by atoms with Gasteiger partial charge in [0.2, 0.25) is 11.6 Å². The molecule has 0 saturated carbocycles. The third kappa shape index (κ3) is 2.12. The summed E-state index contributed by atoms with van der Waals surface area (Å²) in [5.74, 6) is 0.558. The Balaban J connectivity index is 2.01. The largest absolute Gasteiger partial charge is 0.367 e. The van der Waals surface area contributed by atoms with Crippen LogP contribution in [0.25, 0.3) is 0 Å². The molecule has 0 aromatic heterocycles. The van der Waals surface area contributed by atoms with Crippen LogP contribution in [0.15, 0.2) is 34.4 Å². The number of carbonyl (C=O) groups is 2. The standard InChI is InChI=1S/C16H16BrNO2/c1-10-6-8-18(9-7-10)14-13(17)15(19)11-4-2-3-5-12(11)16(14)20/h2-5,10H,6-9H2,1H3. The number of Topliss-reactive ketones (excluding diaryl/α,β-unsaturated/α-hetero) is 2. The molecule has 1 aliphatic carbocycles. The second-order valence-electron chi connectivity index (χ2n) is 5.54. The minimum Gasteiger partial charge on any atom is -0.367 e. The molecule has 0 amide bonds. The van der Waals surface area contributed by atoms with Crippen molar-refractivity contribution in [1.82, 2.24) is 4.90 Å². The highest BCUT2D eigenvalue weighted by atomic mass is 79.9. The minimum absolute atomic E-state index is 0.0402. The molecule has 1 aromatic rings. The number of piperidine rings is 1. The van der Waals surface area contributed by atoms with E-state index in [1.807, 2.05) is 0 Å². The fourth-order valence-electron chi connectivity index (χ4n) is 2.85. The molecule has 1 saturated heterocycles. The normalized spacial score (nSPS) is 20.4. The zero-order chi connectivity index (χ0) is 14.3. The summed E-state index contributed by atoms with van der Waals surface area (Å²) in [6.07, 6.45) is 2.12. The Hall–Kier alpha value is -1.42. The molecule has 4 heteroatoms. The zero-order valence-electron chi connectivity index (χ0n) is 11.4. The van der Waals surface area contributed by atoms with Crippen LogP contribution in [-0.4, -0.2) is 29.6 Å². The number of halogens is 1. The topological polar surface area (TPSA) is 37.4 Å². The number of hydrogen-bond acceptors (Lipinski definition) is 3. The van der Waals surface area contributed by atoms with Crippen molar-refractivity contribution in [3.8, 4) is 0 Å². The molecule has 0 radical (unpaired) electrons. The van der Waals surface area contributed by atoms with Gasteiger partial charge in [-0.25, -0.2) is 0 Å². The Kier molecular flexibility index (Phi) is 3.50. The van der Waals surface area contributed by atoms with E-state index in [2.05, 4.69) is 27.8 Å². The van der Waals surface area contributed by atoms with Gasteiger partial charge in [0.1, 0.15) is 5.70 Å². The smallest absolute Gasteiger partial charge is 0.211 e. The molecule has 0 atom stereocenters. The Morgan fingerprint density at radius 2 is 1.60 bits per heavy atom. The van der Waals surface area contributed by atoms with Crippen LogP contribution < -0.4 is 0 Å². The molecular formula is C16H16BrNO2. The van der Waals surface area contributed by atoms with Crippen LogP contribution in [0.4, 0.5) is 0 Å². The molecule has 3 rings (SSSR count). The first kappa shape index (κ1) is 13.6. The van der Waals surface area contributed by atoms with Crippen LogP contribution in [-0.2, 0) is 0 Å². The van der Waals surface area contributed by atoms with Gasteiger partial charge in [0, 0.05) is 24.2 Å². The molecule has 0 spiro atoms. The third-order valence-electron chi connectivity index (χ3n) is 4.14. The average Bonchev–Trinajstić information content (AvgIpc) is 2.47. The Morgan fingerprint density at radius 3 is 2.20 bits per heavy atom. The SMILES string of the molecule is CC1CCN(C2=C(Br)C(=O)c3ccccc3C2=O)CC1. The number of benzene rings is 1. The molecule has 0 bridgehead atoms. The number of rotatable bonds is 1. The summed E-state index contributed by atoms with van der Waals surface area (Å²) in [6, 6.07) is 7.05. The lowest BCUT2D eigenvalue weighted by molar-refractivity contribution is 0.0934. The van der Waals surface area contributed by atoms with E-state index in [-0.39, 0.29) is 11.6 Å². The van der Waals surface area contributed by atoms with Gasteiger partial charge in [-0.15, -0.1) is 0 Å². The molecule has 1 fully saturated rings. The maximum atomic E-state index is 12.7. The Morgan fingerprint density at radius 1 is 1.05 bits per heavy atom. The first-order chi connectivity index (χ1) is 9.59. The predicted octanol–water partition coefficient (Wildman–Crippen LogP) is 3.40. The van der Waals surface area contributed by atoms with Crippen molar-refractivity contribution in [3.63, 3.8) is 0 Å². The Bertz CT molecular complexity index is 613. The fourth-order valence-corrected chi connectivity index (χ4v) is 3.49. The van der Waals surface area contributed by atoms with Crippen molar-refractivity contribution >= 4 is 27.5 Å². The van der Waals surface area contributed by atoms with E-state index in [1.165, 1.54) is 0 Å². The van der Waals surface area contributed by atoms with Crippen LogP contribution in [0.3, 0.4) is 0 Å². The fraction of sp³-hybridized carbons (Fsp3) is 0.375. The van der Waals surface area contributed by atoms with Crippen molar-refractivity contribution in [2.24, 2.45) is 5.92 Å². The number of allylic oxidation sites excluding steroid dienone is 2. The molecule has 3 nitrogen and oxygen atoms in total. The van der Waals surface area contributed by atoms with Gasteiger partial charge in [-0.2, -0.15) is 0 Å². The summed E-state index contributed by atoms with van der Waals surface area (Å²) in [7, 11) is 0. The summed E-state index contributed by atoms with van der Waals surface area (Å²) in [4.78, 5) is 27.1. The maximum absolute atomic E-state index is 12.7. The van der Waals surface area contributed by atoms with Gasteiger partial charge in [-0.1, -0.05) is 31.2 Å². The summed E-state index contributed by atoms with van der Waals surface area (Å²) < 4.78 is 0.413. The second-order valence-corrected chi connectivity index (χ2v) is 6.33. The van der Waals surface area contributed by atoms with E-state index >= 15 is 0 Å². The number of carbonyl (C=O) groups excluding carboxylic acids is 2. The van der Waals surface area contributed by atoms with E-state index in [0.29, 0.717) is 27.2 Å². The van der Waals surface area contributed by atoms with E-state index in [4.69, 9.17) is 0 Å². The molecule has 1 heterocycles. The van der Waals surface area contributed by atoms with Crippen molar-refractivity contribution in [2.75, 3.05) is 13.1 Å². The van der Waals surface area contributed by atoms with Gasteiger partial charge >= 0.3 is 0 Å². The zero-order valence-corrected chi connectivity index (χ0v) is 12.9. The number of ketones is 2. The number of likely N-dealkylation sites (tertiary alicyclic amines) is 1. The first-order valence-electron chi connectivity index (χ1n) is 6.92. The summed E-state index contributed by atoms with van der Waals surface area (Å²) in [6.45, 7) is 3.91. The molecule has 1 aromatic carbocycles. The highest BCUT2D eigenvalue weighted by molar-refractivity contribution is 9.12. The minimum atomic E-state index is -0.0891. The average molecular weight is 334 g/mol. The molecule has 104 valence electrons. The lowest BCUT2D eigenvalue weighted by Crippen LogP contribution is -2.38. The summed E-state index contributed by atoms with van der Waals surface area (Å²) in [5, 5.41) is 0. The molecule has 0 unspecified atom stereocenters. The molecule has 20 heavy (non-hydrogen) atoms. The van der Waals surface area contributed by atoms with Crippen LogP contribution in [0.2, 0.25) is 0 Å². The molecule has 1 aliphatic heterocycles. The predicted molar refractivity (Wildman–Crippen MR) is 81.0 cm³/mol. The van der Waals surface area contributed by atoms with Crippen molar-refractivity contribution in [3.05, 3.63) is 45.6 Å². The van der Waals surface area contributed by atoms with Gasteiger partial charge in [0.25, 0.3) is 0 Å². The van der Waals surface area contributed by atoms with Crippen molar-refractivity contribution in [2.45, 2.75) is 19.8 Å². The van der Waals surface area contributed by atoms with Gasteiger partial charge < -0.3 is 4.90 Å². The quantitative estimate of drug-likeness (QED) is 0.790. The molecule has 2 aliphatic rings. The van der Waals surface area contributed by atoms with Gasteiger partial charge in [-0.3, -0.25) is 9.59 Å². The maximum Gasteiger partial charge on any atom is 0.211 e. The summed E-state index contributed by atoms with van der Waals surface area (Å²) in [5.41, 5.74) is 1.56. The van der Waals surface area contributed by atoms with Gasteiger partial charge in [0.15, 0.2) is 0 Å². The second kappa shape index (κ2) is 5.17. The lowest BCUT2D eigenvalue weighted by Gasteiger charge is -2.35. The van der Waals surface area contributed by atoms with Crippen LogP contribution in [0.5, 0.6) is 0 Å². The third-order valence-corrected chi connectivity index (χ3v) is 4.87. The van der Waals surface area contributed by atoms with Gasteiger partial charge in [0.05, 0.1) is 4.48 Å². The first-order valence-corrected chi connectivity index (χ1v) is 7.72. The molecular weight excluding hydrogens is 318 g/mol. The van der Waals surface area contributed by atoms with E-state index < -0.39 is 0 Å².